The minimum atomic E-state index is -3.88. The summed E-state index contributed by atoms with van der Waals surface area (Å²) >= 11 is 3.32. The number of amides is 1. The molecule has 2 aromatic heterocycles. The van der Waals surface area contributed by atoms with Crippen LogP contribution >= 0.6 is 15.9 Å². The normalized spacial score (nSPS) is 11.4. The number of pyridine rings is 1. The summed E-state index contributed by atoms with van der Waals surface area (Å²) in [5, 5.41) is 2.82. The Bertz CT molecular complexity index is 1020. The average Bonchev–Trinajstić information content (AvgIpc) is 2.94. The van der Waals surface area contributed by atoms with E-state index in [1.165, 1.54) is 37.8 Å². The second-order valence-electron chi connectivity index (χ2n) is 4.78. The predicted molar refractivity (Wildman–Crippen MR) is 91.5 cm³/mol. The van der Waals surface area contributed by atoms with Crippen LogP contribution in [0.2, 0.25) is 0 Å². The molecule has 0 unspecified atom stereocenters. The molecule has 3 rings (SSSR count). The predicted octanol–water partition coefficient (Wildman–Crippen LogP) is 2.75. The van der Waals surface area contributed by atoms with Crippen molar-refractivity contribution >= 4 is 42.9 Å². The molecule has 0 saturated carbocycles. The molecule has 1 aromatic carbocycles. The maximum atomic E-state index is 12.9. The summed E-state index contributed by atoms with van der Waals surface area (Å²) in [7, 11) is -2.46. The van der Waals surface area contributed by atoms with Crippen LogP contribution < -0.4 is 10.1 Å². The first kappa shape index (κ1) is 16.5. The molecule has 3 aromatic rings. The van der Waals surface area contributed by atoms with Crippen LogP contribution in [0.25, 0.3) is 10.9 Å². The highest BCUT2D eigenvalue weighted by atomic mass is 79.9. The van der Waals surface area contributed by atoms with Crippen LogP contribution in [0, 0.1) is 0 Å². The third-order valence-electron chi connectivity index (χ3n) is 3.30. The number of rotatable bonds is 3. The van der Waals surface area contributed by atoms with Gasteiger partial charge >= 0.3 is 6.09 Å². The van der Waals surface area contributed by atoms with Crippen molar-refractivity contribution in [2.75, 3.05) is 7.05 Å². The standard InChI is InChI=1S/C15H12BrN3O4S/c1-17-15(20)23-14-9-19(13-7-10(16)4-5-12(13)14)24(21,22)11-3-2-6-18-8-11/h2-9H,1H3,(H,17,20). The molecule has 7 nitrogen and oxygen atoms in total. The lowest BCUT2D eigenvalue weighted by molar-refractivity contribution is 0.203. The molecule has 0 saturated heterocycles. The summed E-state index contributed by atoms with van der Waals surface area (Å²) in [5.41, 5.74) is 0.382. The van der Waals surface area contributed by atoms with Crippen molar-refractivity contribution in [2.45, 2.75) is 4.90 Å². The second kappa shape index (κ2) is 6.25. The van der Waals surface area contributed by atoms with E-state index in [1.807, 2.05) is 0 Å². The third kappa shape index (κ3) is 2.87. The van der Waals surface area contributed by atoms with E-state index < -0.39 is 16.1 Å². The van der Waals surface area contributed by atoms with E-state index in [1.54, 1.807) is 18.2 Å². The van der Waals surface area contributed by atoms with Crippen LogP contribution in [0.1, 0.15) is 0 Å². The Morgan fingerprint density at radius 2 is 2.12 bits per heavy atom. The van der Waals surface area contributed by atoms with E-state index >= 15 is 0 Å². The molecule has 2 heterocycles. The zero-order valence-corrected chi connectivity index (χ0v) is 14.8. The fourth-order valence-corrected chi connectivity index (χ4v) is 3.85. The van der Waals surface area contributed by atoms with Gasteiger partial charge in [0, 0.05) is 29.3 Å². The Balaban J connectivity index is 2.25. The molecular weight excluding hydrogens is 398 g/mol. The van der Waals surface area contributed by atoms with Crippen molar-refractivity contribution in [3.8, 4) is 5.75 Å². The summed E-state index contributed by atoms with van der Waals surface area (Å²) in [6.45, 7) is 0. The van der Waals surface area contributed by atoms with E-state index in [0.29, 0.717) is 15.4 Å². The smallest absolute Gasteiger partial charge is 0.408 e. The van der Waals surface area contributed by atoms with Crippen LogP contribution in [0.4, 0.5) is 4.79 Å². The average molecular weight is 410 g/mol. The number of carbonyl (C=O) groups is 1. The topological polar surface area (TPSA) is 90.3 Å². The van der Waals surface area contributed by atoms with Crippen LogP contribution in [0.3, 0.4) is 0 Å². The Hall–Kier alpha value is -2.39. The van der Waals surface area contributed by atoms with Gasteiger partial charge in [-0.1, -0.05) is 15.9 Å². The molecule has 1 amide bonds. The lowest BCUT2D eigenvalue weighted by atomic mass is 10.2. The molecule has 0 fully saturated rings. The lowest BCUT2D eigenvalue weighted by Gasteiger charge is -2.06. The minimum Gasteiger partial charge on any atom is -0.408 e. The number of aromatic nitrogens is 2. The molecule has 0 aliphatic heterocycles. The van der Waals surface area contributed by atoms with Crippen LogP contribution in [0.5, 0.6) is 5.75 Å². The fraction of sp³-hybridized carbons (Fsp3) is 0.0667. The van der Waals surface area contributed by atoms with Gasteiger partial charge in [-0.05, 0) is 30.3 Å². The first-order chi connectivity index (χ1) is 11.4. The minimum absolute atomic E-state index is 0.0355. The first-order valence-electron chi connectivity index (χ1n) is 6.79. The van der Waals surface area contributed by atoms with Gasteiger partial charge in [0.1, 0.15) is 4.90 Å². The van der Waals surface area contributed by atoms with E-state index in [2.05, 4.69) is 26.2 Å². The van der Waals surface area contributed by atoms with Gasteiger partial charge in [0.2, 0.25) is 0 Å². The lowest BCUT2D eigenvalue weighted by Crippen LogP contribution is -2.22. The number of carbonyl (C=O) groups excluding carboxylic acids is 1. The highest BCUT2D eigenvalue weighted by molar-refractivity contribution is 9.10. The molecule has 124 valence electrons. The number of hydrogen-bond acceptors (Lipinski definition) is 5. The monoisotopic (exact) mass is 409 g/mol. The summed E-state index contributed by atoms with van der Waals surface area (Å²) in [6, 6.07) is 8.04. The summed E-state index contributed by atoms with van der Waals surface area (Å²) < 4.78 is 32.7. The molecule has 0 spiro atoms. The number of halogens is 1. The number of fused-ring (bicyclic) bond motifs is 1. The molecule has 0 aliphatic carbocycles. The molecule has 1 N–H and O–H groups in total. The highest BCUT2D eigenvalue weighted by Gasteiger charge is 2.23. The molecule has 0 atom stereocenters. The van der Waals surface area contributed by atoms with Crippen molar-refractivity contribution in [2.24, 2.45) is 0 Å². The van der Waals surface area contributed by atoms with Crippen LogP contribution in [-0.4, -0.2) is 30.5 Å². The maximum Gasteiger partial charge on any atom is 0.412 e. The van der Waals surface area contributed by atoms with Gasteiger partial charge in [-0.2, -0.15) is 0 Å². The third-order valence-corrected chi connectivity index (χ3v) is 5.45. The van der Waals surface area contributed by atoms with Crippen molar-refractivity contribution in [1.29, 1.82) is 0 Å². The van der Waals surface area contributed by atoms with E-state index in [-0.39, 0.29) is 10.6 Å². The maximum absolute atomic E-state index is 12.9. The Morgan fingerprint density at radius 3 is 2.79 bits per heavy atom. The van der Waals surface area contributed by atoms with Gasteiger partial charge in [-0.3, -0.25) is 4.98 Å². The highest BCUT2D eigenvalue weighted by Crippen LogP contribution is 2.33. The molecular formula is C15H12BrN3O4S. The molecule has 9 heteroatoms. The summed E-state index contributed by atoms with van der Waals surface area (Å²) in [4.78, 5) is 15.4. The van der Waals surface area contributed by atoms with Crippen molar-refractivity contribution in [1.82, 2.24) is 14.3 Å². The quantitative estimate of drug-likeness (QED) is 0.717. The van der Waals surface area contributed by atoms with Gasteiger partial charge in [0.15, 0.2) is 5.75 Å². The summed E-state index contributed by atoms with van der Waals surface area (Å²) in [6.07, 6.45) is 3.34. The number of ether oxygens (including phenoxy) is 1. The zero-order valence-electron chi connectivity index (χ0n) is 12.4. The fourth-order valence-electron chi connectivity index (χ4n) is 2.19. The van der Waals surface area contributed by atoms with Crippen molar-refractivity contribution in [3.63, 3.8) is 0 Å². The summed E-state index contributed by atoms with van der Waals surface area (Å²) in [5.74, 6) is 0.143. The number of hydrogen-bond donors (Lipinski definition) is 1. The van der Waals surface area contributed by atoms with Gasteiger partial charge < -0.3 is 10.1 Å². The van der Waals surface area contributed by atoms with Gasteiger partial charge in [-0.15, -0.1) is 0 Å². The second-order valence-corrected chi connectivity index (χ2v) is 7.51. The van der Waals surface area contributed by atoms with E-state index in [0.717, 1.165) is 3.97 Å². The SMILES string of the molecule is CNC(=O)Oc1cn(S(=O)(=O)c2cccnc2)c2cc(Br)ccc12. The number of nitrogens with one attached hydrogen (secondary N) is 1. The Kier molecular flexibility index (Phi) is 4.29. The van der Waals surface area contributed by atoms with Gasteiger partial charge in [0.05, 0.1) is 11.7 Å². The molecule has 0 aliphatic rings. The molecule has 24 heavy (non-hydrogen) atoms. The first-order valence-corrected chi connectivity index (χ1v) is 9.02. The largest absolute Gasteiger partial charge is 0.412 e. The van der Waals surface area contributed by atoms with E-state index in [4.69, 9.17) is 4.74 Å². The van der Waals surface area contributed by atoms with Crippen LogP contribution in [-0.2, 0) is 10.0 Å². The Morgan fingerprint density at radius 1 is 1.33 bits per heavy atom. The van der Waals surface area contributed by atoms with Gasteiger partial charge in [0.25, 0.3) is 10.0 Å². The van der Waals surface area contributed by atoms with Crippen molar-refractivity contribution in [3.05, 3.63) is 53.4 Å². The van der Waals surface area contributed by atoms with Crippen LogP contribution in [0.15, 0.2) is 58.3 Å². The molecule has 0 radical (unpaired) electrons. The van der Waals surface area contributed by atoms with E-state index in [9.17, 15) is 13.2 Å². The number of benzene rings is 1. The molecule has 0 bridgehead atoms. The van der Waals surface area contributed by atoms with Gasteiger partial charge in [-0.25, -0.2) is 17.2 Å². The van der Waals surface area contributed by atoms with Crippen molar-refractivity contribution < 1.29 is 17.9 Å². The Labute approximate surface area is 146 Å². The number of nitrogens with zero attached hydrogens (tertiary/aromatic N) is 2. The zero-order chi connectivity index (χ0) is 17.3.